The van der Waals surface area contributed by atoms with E-state index in [0.717, 1.165) is 25.7 Å². The number of rotatable bonds is 7. The molecule has 1 aromatic rings. The van der Waals surface area contributed by atoms with Crippen LogP contribution in [0, 0.1) is 18.3 Å². The van der Waals surface area contributed by atoms with E-state index in [-0.39, 0.29) is 10.9 Å². The maximum absolute atomic E-state index is 12.3. The van der Waals surface area contributed by atoms with Crippen LogP contribution in [0.3, 0.4) is 0 Å². The predicted molar refractivity (Wildman–Crippen MR) is 79.8 cm³/mol. The normalized spacial score (nSPS) is 12.9. The molecular formula is C15H22N2O2S. The average Bonchev–Trinajstić information content (AvgIpc) is 2.38. The molecule has 0 bridgehead atoms. The predicted octanol–water partition coefficient (Wildman–Crippen LogP) is 3.11. The Hall–Kier alpha value is -1.38. The maximum Gasteiger partial charge on any atom is 0.241 e. The van der Waals surface area contributed by atoms with Gasteiger partial charge in [-0.2, -0.15) is 5.26 Å². The van der Waals surface area contributed by atoms with Gasteiger partial charge < -0.3 is 0 Å². The fraction of sp³-hybridized carbons (Fsp3) is 0.533. The Labute approximate surface area is 121 Å². The standard InChI is InChI=1S/C15H22N2O2S/c1-4-5-6-7-13(3)17-20(18,19)15-10-14(11-16)9-8-12(15)2/h8-10,13,17H,4-7H2,1-3H3. The van der Waals surface area contributed by atoms with Crippen molar-refractivity contribution in [1.29, 1.82) is 5.26 Å². The number of nitrogens with one attached hydrogen (secondary N) is 1. The topological polar surface area (TPSA) is 70.0 Å². The van der Waals surface area contributed by atoms with E-state index in [2.05, 4.69) is 11.6 Å². The van der Waals surface area contributed by atoms with Crippen molar-refractivity contribution in [3.63, 3.8) is 0 Å². The zero-order valence-electron chi connectivity index (χ0n) is 12.3. The van der Waals surface area contributed by atoms with Crippen molar-refractivity contribution in [2.75, 3.05) is 0 Å². The lowest BCUT2D eigenvalue weighted by Gasteiger charge is -2.15. The monoisotopic (exact) mass is 294 g/mol. The van der Waals surface area contributed by atoms with Crippen LogP contribution in [0.5, 0.6) is 0 Å². The first-order chi connectivity index (χ1) is 9.40. The van der Waals surface area contributed by atoms with Crippen LogP contribution in [0.4, 0.5) is 0 Å². The highest BCUT2D eigenvalue weighted by molar-refractivity contribution is 7.89. The van der Waals surface area contributed by atoms with Gasteiger partial charge in [0.1, 0.15) is 0 Å². The van der Waals surface area contributed by atoms with Gasteiger partial charge in [-0.05, 0) is 38.0 Å². The molecule has 20 heavy (non-hydrogen) atoms. The second kappa shape index (κ2) is 7.41. The summed E-state index contributed by atoms with van der Waals surface area (Å²) in [6.07, 6.45) is 4.05. The van der Waals surface area contributed by atoms with Crippen LogP contribution in [0.1, 0.15) is 50.7 Å². The van der Waals surface area contributed by atoms with E-state index in [1.54, 1.807) is 19.1 Å². The highest BCUT2D eigenvalue weighted by Crippen LogP contribution is 2.17. The van der Waals surface area contributed by atoms with E-state index in [4.69, 9.17) is 5.26 Å². The lowest BCUT2D eigenvalue weighted by atomic mass is 10.1. The van der Waals surface area contributed by atoms with E-state index < -0.39 is 10.0 Å². The quantitative estimate of drug-likeness (QED) is 0.785. The number of nitriles is 1. The molecule has 0 heterocycles. The van der Waals surface area contributed by atoms with Crippen molar-refractivity contribution in [2.24, 2.45) is 0 Å². The largest absolute Gasteiger partial charge is 0.241 e. The van der Waals surface area contributed by atoms with Gasteiger partial charge >= 0.3 is 0 Å². The molecule has 1 rings (SSSR count). The molecule has 1 N–H and O–H groups in total. The number of sulfonamides is 1. The first-order valence-corrected chi connectivity index (χ1v) is 8.42. The molecular weight excluding hydrogens is 272 g/mol. The van der Waals surface area contributed by atoms with Gasteiger partial charge in [0.05, 0.1) is 16.5 Å². The summed E-state index contributed by atoms with van der Waals surface area (Å²) in [6, 6.07) is 6.58. The number of hydrogen-bond acceptors (Lipinski definition) is 3. The van der Waals surface area contributed by atoms with Crippen molar-refractivity contribution < 1.29 is 8.42 Å². The Kier molecular flexibility index (Phi) is 6.18. The van der Waals surface area contributed by atoms with Crippen LogP contribution < -0.4 is 4.72 Å². The highest BCUT2D eigenvalue weighted by Gasteiger charge is 2.19. The summed E-state index contributed by atoms with van der Waals surface area (Å²) >= 11 is 0. The zero-order valence-corrected chi connectivity index (χ0v) is 13.1. The number of aryl methyl sites for hydroxylation is 1. The van der Waals surface area contributed by atoms with Gasteiger partial charge in [0.25, 0.3) is 0 Å². The number of benzene rings is 1. The zero-order chi connectivity index (χ0) is 15.2. The minimum Gasteiger partial charge on any atom is -0.208 e. The molecule has 110 valence electrons. The van der Waals surface area contributed by atoms with Crippen molar-refractivity contribution >= 4 is 10.0 Å². The van der Waals surface area contributed by atoms with Gasteiger partial charge in [0.15, 0.2) is 0 Å². The molecule has 1 unspecified atom stereocenters. The summed E-state index contributed by atoms with van der Waals surface area (Å²) in [5, 5.41) is 8.88. The second-order valence-electron chi connectivity index (χ2n) is 5.11. The molecule has 0 radical (unpaired) electrons. The van der Waals surface area contributed by atoms with Gasteiger partial charge in [0.2, 0.25) is 10.0 Å². The Morgan fingerprint density at radius 2 is 2.05 bits per heavy atom. The van der Waals surface area contributed by atoms with Crippen molar-refractivity contribution in [1.82, 2.24) is 4.72 Å². The fourth-order valence-electron chi connectivity index (χ4n) is 2.05. The lowest BCUT2D eigenvalue weighted by Crippen LogP contribution is -2.33. The minimum absolute atomic E-state index is 0.100. The Morgan fingerprint density at radius 3 is 2.65 bits per heavy atom. The smallest absolute Gasteiger partial charge is 0.208 e. The summed E-state index contributed by atoms with van der Waals surface area (Å²) in [7, 11) is -3.56. The Morgan fingerprint density at radius 1 is 1.35 bits per heavy atom. The number of unbranched alkanes of at least 4 members (excludes halogenated alkanes) is 2. The van der Waals surface area contributed by atoms with Gasteiger partial charge in [-0.1, -0.05) is 32.3 Å². The molecule has 0 saturated heterocycles. The summed E-state index contributed by atoms with van der Waals surface area (Å²) < 4.78 is 27.4. The number of hydrogen-bond donors (Lipinski definition) is 1. The van der Waals surface area contributed by atoms with Crippen LogP contribution in [0.2, 0.25) is 0 Å². The molecule has 5 heteroatoms. The summed E-state index contributed by atoms with van der Waals surface area (Å²) in [5.41, 5.74) is 1.01. The maximum atomic E-state index is 12.3. The summed E-state index contributed by atoms with van der Waals surface area (Å²) in [5.74, 6) is 0. The van der Waals surface area contributed by atoms with Crippen LogP contribution in [-0.4, -0.2) is 14.5 Å². The average molecular weight is 294 g/mol. The summed E-state index contributed by atoms with van der Waals surface area (Å²) in [4.78, 5) is 0.193. The van der Waals surface area contributed by atoms with E-state index in [1.807, 2.05) is 13.0 Å². The van der Waals surface area contributed by atoms with Gasteiger partial charge in [-0.25, -0.2) is 13.1 Å². The molecule has 1 aromatic carbocycles. The van der Waals surface area contributed by atoms with E-state index >= 15 is 0 Å². The van der Waals surface area contributed by atoms with E-state index in [1.165, 1.54) is 6.07 Å². The highest BCUT2D eigenvalue weighted by atomic mass is 32.2. The van der Waals surface area contributed by atoms with Crippen molar-refractivity contribution in [3.05, 3.63) is 29.3 Å². The SMILES string of the molecule is CCCCCC(C)NS(=O)(=O)c1cc(C#N)ccc1C. The fourth-order valence-corrected chi connectivity index (χ4v) is 3.60. The van der Waals surface area contributed by atoms with Crippen LogP contribution in [-0.2, 0) is 10.0 Å². The van der Waals surface area contributed by atoms with E-state index in [0.29, 0.717) is 11.1 Å². The third-order valence-electron chi connectivity index (χ3n) is 3.20. The summed E-state index contributed by atoms with van der Waals surface area (Å²) in [6.45, 7) is 5.72. The van der Waals surface area contributed by atoms with Crippen LogP contribution in [0.25, 0.3) is 0 Å². The molecule has 0 amide bonds. The number of nitrogens with zero attached hydrogens (tertiary/aromatic N) is 1. The van der Waals surface area contributed by atoms with Crippen molar-refractivity contribution in [3.8, 4) is 6.07 Å². The van der Waals surface area contributed by atoms with Crippen molar-refractivity contribution in [2.45, 2.75) is 57.4 Å². The van der Waals surface area contributed by atoms with Gasteiger partial charge in [0, 0.05) is 6.04 Å². The third kappa shape index (κ3) is 4.62. The third-order valence-corrected chi connectivity index (χ3v) is 4.94. The lowest BCUT2D eigenvalue weighted by molar-refractivity contribution is 0.527. The molecule has 0 spiro atoms. The molecule has 4 nitrogen and oxygen atoms in total. The molecule has 0 aliphatic rings. The molecule has 0 aliphatic heterocycles. The minimum atomic E-state index is -3.56. The van der Waals surface area contributed by atoms with Gasteiger partial charge in [-0.3, -0.25) is 0 Å². The molecule has 0 aliphatic carbocycles. The molecule has 0 saturated carbocycles. The molecule has 0 aromatic heterocycles. The molecule has 0 fully saturated rings. The second-order valence-corrected chi connectivity index (χ2v) is 6.79. The van der Waals surface area contributed by atoms with Crippen LogP contribution in [0.15, 0.2) is 23.1 Å². The molecule has 1 atom stereocenters. The van der Waals surface area contributed by atoms with E-state index in [9.17, 15) is 8.42 Å². The van der Waals surface area contributed by atoms with Gasteiger partial charge in [-0.15, -0.1) is 0 Å². The first-order valence-electron chi connectivity index (χ1n) is 6.93. The first kappa shape index (κ1) is 16.7. The Balaban J connectivity index is 2.86. The Bertz CT molecular complexity index is 588. The van der Waals surface area contributed by atoms with Crippen LogP contribution >= 0.6 is 0 Å².